The van der Waals surface area contributed by atoms with Crippen LogP contribution in [0.5, 0.6) is 0 Å². The van der Waals surface area contributed by atoms with Gasteiger partial charge in [0.05, 0.1) is 12.2 Å². The number of nitrogens with zero attached hydrogens (tertiary/aromatic N) is 3. The average molecular weight is 327 g/mol. The van der Waals surface area contributed by atoms with Crippen molar-refractivity contribution in [3.05, 3.63) is 52.0 Å². The summed E-state index contributed by atoms with van der Waals surface area (Å²) < 4.78 is 0. The van der Waals surface area contributed by atoms with Crippen LogP contribution < -0.4 is 0 Å². The van der Waals surface area contributed by atoms with Gasteiger partial charge in [-0.25, -0.2) is 4.98 Å². The van der Waals surface area contributed by atoms with Crippen molar-refractivity contribution in [2.45, 2.75) is 25.3 Å². The number of amides is 1. The minimum absolute atomic E-state index is 0.149. The molecule has 0 unspecified atom stereocenters. The summed E-state index contributed by atoms with van der Waals surface area (Å²) in [5.41, 5.74) is 2.08. The lowest BCUT2D eigenvalue weighted by Crippen LogP contribution is -2.48. The third-order valence-corrected chi connectivity index (χ3v) is 5.46. The van der Waals surface area contributed by atoms with E-state index in [0.717, 1.165) is 44.2 Å². The highest BCUT2D eigenvalue weighted by Gasteiger charge is 2.27. The normalized spacial score (nSPS) is 19.0. The molecule has 1 saturated carbocycles. The Morgan fingerprint density at radius 3 is 2.57 bits per heavy atom. The van der Waals surface area contributed by atoms with Gasteiger partial charge in [-0.1, -0.05) is 18.2 Å². The number of rotatable bonds is 4. The monoisotopic (exact) mass is 327 g/mol. The minimum atomic E-state index is 0.149. The Kier molecular flexibility index (Phi) is 4.14. The molecule has 120 valence electrons. The van der Waals surface area contributed by atoms with Gasteiger partial charge in [-0.3, -0.25) is 9.69 Å². The van der Waals surface area contributed by atoms with Crippen molar-refractivity contribution in [3.8, 4) is 0 Å². The molecule has 0 N–H and O–H groups in total. The van der Waals surface area contributed by atoms with E-state index in [1.54, 1.807) is 11.3 Å². The van der Waals surface area contributed by atoms with Crippen LogP contribution in [-0.2, 0) is 6.54 Å². The standard InChI is InChI=1S/C18H21N3OS/c22-18(15-4-2-1-3-5-15)21-10-8-20(9-11-21)12-17-19-16(13-23-17)14-6-7-14/h1-5,13-14H,6-12H2. The zero-order valence-corrected chi connectivity index (χ0v) is 14.0. The van der Waals surface area contributed by atoms with E-state index >= 15 is 0 Å². The first kappa shape index (κ1) is 14.8. The van der Waals surface area contributed by atoms with Crippen molar-refractivity contribution in [1.29, 1.82) is 0 Å². The molecule has 1 aromatic heterocycles. The maximum atomic E-state index is 12.4. The molecule has 1 amide bonds. The zero-order chi connectivity index (χ0) is 15.6. The van der Waals surface area contributed by atoms with Crippen LogP contribution in [0, 0.1) is 0 Å². The Bertz CT molecular complexity index is 673. The van der Waals surface area contributed by atoms with E-state index in [1.165, 1.54) is 23.5 Å². The number of piperazine rings is 1. The summed E-state index contributed by atoms with van der Waals surface area (Å²) in [6.07, 6.45) is 2.62. The zero-order valence-electron chi connectivity index (χ0n) is 13.1. The van der Waals surface area contributed by atoms with Crippen LogP contribution in [0.4, 0.5) is 0 Å². The Hall–Kier alpha value is -1.72. The smallest absolute Gasteiger partial charge is 0.253 e. The number of benzene rings is 1. The average Bonchev–Trinajstić information content (AvgIpc) is 3.36. The van der Waals surface area contributed by atoms with Crippen LogP contribution in [0.3, 0.4) is 0 Å². The summed E-state index contributed by atoms with van der Waals surface area (Å²) in [6, 6.07) is 9.57. The molecule has 4 nitrogen and oxygen atoms in total. The minimum Gasteiger partial charge on any atom is -0.336 e. The van der Waals surface area contributed by atoms with Gasteiger partial charge < -0.3 is 4.90 Å². The van der Waals surface area contributed by atoms with Crippen LogP contribution in [0.15, 0.2) is 35.7 Å². The summed E-state index contributed by atoms with van der Waals surface area (Å²) in [7, 11) is 0. The maximum absolute atomic E-state index is 12.4. The Morgan fingerprint density at radius 1 is 1.13 bits per heavy atom. The second-order valence-electron chi connectivity index (χ2n) is 6.37. The maximum Gasteiger partial charge on any atom is 0.253 e. The molecule has 1 saturated heterocycles. The Morgan fingerprint density at radius 2 is 1.87 bits per heavy atom. The number of hydrogen-bond acceptors (Lipinski definition) is 4. The first-order valence-electron chi connectivity index (χ1n) is 8.30. The van der Waals surface area contributed by atoms with Gasteiger partial charge in [0.25, 0.3) is 5.91 Å². The number of thiazole rings is 1. The molecule has 2 fully saturated rings. The van der Waals surface area contributed by atoms with Gasteiger partial charge in [-0.05, 0) is 25.0 Å². The second-order valence-corrected chi connectivity index (χ2v) is 7.32. The third kappa shape index (κ3) is 3.46. The van der Waals surface area contributed by atoms with E-state index in [4.69, 9.17) is 4.98 Å². The Balaban J connectivity index is 1.31. The SMILES string of the molecule is O=C(c1ccccc1)N1CCN(Cc2nc(C3CC3)cs2)CC1. The van der Waals surface area contributed by atoms with Crippen LogP contribution in [0.1, 0.15) is 39.8 Å². The van der Waals surface area contributed by atoms with Crippen LogP contribution in [0.2, 0.25) is 0 Å². The van der Waals surface area contributed by atoms with Crippen molar-refractivity contribution < 1.29 is 4.79 Å². The van der Waals surface area contributed by atoms with Crippen molar-refractivity contribution >= 4 is 17.2 Å². The molecule has 2 aliphatic rings. The van der Waals surface area contributed by atoms with Gasteiger partial charge >= 0.3 is 0 Å². The number of hydrogen-bond donors (Lipinski definition) is 0. The lowest BCUT2D eigenvalue weighted by Gasteiger charge is -2.34. The van der Waals surface area contributed by atoms with Crippen LogP contribution >= 0.6 is 11.3 Å². The number of carbonyl (C=O) groups excluding carboxylic acids is 1. The molecule has 0 bridgehead atoms. The molecule has 2 heterocycles. The molecule has 0 radical (unpaired) electrons. The van der Waals surface area contributed by atoms with Crippen molar-refractivity contribution in [2.24, 2.45) is 0 Å². The molecule has 0 spiro atoms. The molecule has 1 aromatic carbocycles. The van der Waals surface area contributed by atoms with Gasteiger partial charge in [0.15, 0.2) is 0 Å². The predicted molar refractivity (Wildman–Crippen MR) is 91.7 cm³/mol. The van der Waals surface area contributed by atoms with Crippen LogP contribution in [0.25, 0.3) is 0 Å². The molecule has 1 aliphatic heterocycles. The topological polar surface area (TPSA) is 36.4 Å². The third-order valence-electron chi connectivity index (χ3n) is 4.60. The molecule has 4 rings (SSSR count). The fourth-order valence-electron chi connectivity index (χ4n) is 3.03. The lowest BCUT2D eigenvalue weighted by molar-refractivity contribution is 0.0628. The molecule has 23 heavy (non-hydrogen) atoms. The summed E-state index contributed by atoms with van der Waals surface area (Å²) in [6.45, 7) is 4.38. The van der Waals surface area contributed by atoms with E-state index in [2.05, 4.69) is 10.3 Å². The van der Waals surface area contributed by atoms with Gasteiger partial charge in [0.1, 0.15) is 5.01 Å². The molecule has 0 atom stereocenters. The van der Waals surface area contributed by atoms with E-state index in [0.29, 0.717) is 0 Å². The predicted octanol–water partition coefficient (Wildman–Crippen LogP) is 2.98. The molecule has 5 heteroatoms. The van der Waals surface area contributed by atoms with Crippen molar-refractivity contribution in [3.63, 3.8) is 0 Å². The van der Waals surface area contributed by atoms with Crippen LogP contribution in [-0.4, -0.2) is 46.9 Å². The molecular formula is C18H21N3OS. The van der Waals surface area contributed by atoms with Gasteiger partial charge in [0.2, 0.25) is 0 Å². The van der Waals surface area contributed by atoms with E-state index in [9.17, 15) is 4.79 Å². The number of carbonyl (C=O) groups is 1. The van der Waals surface area contributed by atoms with Crippen molar-refractivity contribution in [2.75, 3.05) is 26.2 Å². The first-order valence-corrected chi connectivity index (χ1v) is 9.18. The largest absolute Gasteiger partial charge is 0.336 e. The second kappa shape index (κ2) is 6.42. The fourth-order valence-corrected chi connectivity index (χ4v) is 3.95. The van der Waals surface area contributed by atoms with E-state index < -0.39 is 0 Å². The fraction of sp³-hybridized carbons (Fsp3) is 0.444. The summed E-state index contributed by atoms with van der Waals surface area (Å²) in [4.78, 5) is 21.6. The quantitative estimate of drug-likeness (QED) is 0.866. The highest BCUT2D eigenvalue weighted by molar-refractivity contribution is 7.09. The summed E-state index contributed by atoms with van der Waals surface area (Å²) in [5.74, 6) is 0.885. The first-order chi connectivity index (χ1) is 11.3. The number of aromatic nitrogens is 1. The molecule has 2 aromatic rings. The highest BCUT2D eigenvalue weighted by atomic mass is 32.1. The van der Waals surface area contributed by atoms with E-state index in [-0.39, 0.29) is 5.91 Å². The van der Waals surface area contributed by atoms with Gasteiger partial charge in [0, 0.05) is 43.0 Å². The van der Waals surface area contributed by atoms with E-state index in [1.807, 2.05) is 35.2 Å². The summed E-state index contributed by atoms with van der Waals surface area (Å²) in [5, 5.41) is 3.44. The molecule has 1 aliphatic carbocycles. The van der Waals surface area contributed by atoms with Gasteiger partial charge in [-0.2, -0.15) is 0 Å². The summed E-state index contributed by atoms with van der Waals surface area (Å²) >= 11 is 1.78. The highest BCUT2D eigenvalue weighted by Crippen LogP contribution is 2.40. The van der Waals surface area contributed by atoms with Gasteiger partial charge in [-0.15, -0.1) is 11.3 Å². The lowest BCUT2D eigenvalue weighted by atomic mass is 10.2. The Labute approximate surface area is 140 Å². The van der Waals surface area contributed by atoms with Crippen molar-refractivity contribution in [1.82, 2.24) is 14.8 Å². The molecular weight excluding hydrogens is 306 g/mol.